The molecule has 1 saturated carbocycles. The highest BCUT2D eigenvalue weighted by molar-refractivity contribution is 7.89. The summed E-state index contributed by atoms with van der Waals surface area (Å²) < 4.78 is 32.1. The number of hydrogen-bond donors (Lipinski definition) is 2. The second kappa shape index (κ2) is 7.27. The van der Waals surface area contributed by atoms with Crippen molar-refractivity contribution in [2.24, 2.45) is 5.92 Å². The van der Waals surface area contributed by atoms with Gasteiger partial charge in [-0.3, -0.25) is 9.78 Å². The maximum Gasteiger partial charge on any atom is 0.339 e. The van der Waals surface area contributed by atoms with Gasteiger partial charge in [0.15, 0.2) is 0 Å². The Hall–Kier alpha value is -2.00. The van der Waals surface area contributed by atoms with Crippen LogP contribution in [0.2, 0.25) is 0 Å². The summed E-state index contributed by atoms with van der Waals surface area (Å²) in [6, 6.07) is 0.910. The van der Waals surface area contributed by atoms with Crippen molar-refractivity contribution in [3.63, 3.8) is 0 Å². The maximum absolute atomic E-state index is 12.5. The molecule has 0 amide bonds. The number of rotatable bonds is 5. The lowest BCUT2D eigenvalue weighted by Crippen LogP contribution is -2.38. The Morgan fingerprint density at radius 3 is 2.46 bits per heavy atom. The molecule has 0 aliphatic heterocycles. The molecule has 0 aromatic carbocycles. The average molecular weight is 356 g/mol. The third kappa shape index (κ3) is 4.09. The number of carboxylic acid groups (broad SMARTS) is 1. The molecule has 0 atom stereocenters. The molecule has 8 nitrogen and oxygen atoms in total. The molecule has 1 aromatic heterocycles. The molecule has 0 saturated heterocycles. The predicted molar refractivity (Wildman–Crippen MR) is 84.0 cm³/mol. The Bertz CT molecular complexity index is 738. The molecular formula is C15H20N2O6S. The number of carbonyl (C=O) groups excluding carboxylic acids is 1. The second-order valence-corrected chi connectivity index (χ2v) is 7.52. The van der Waals surface area contributed by atoms with E-state index < -0.39 is 27.9 Å². The Labute approximate surface area is 140 Å². The van der Waals surface area contributed by atoms with Crippen molar-refractivity contribution >= 4 is 22.0 Å². The third-order valence-electron chi connectivity index (χ3n) is 4.18. The summed E-state index contributed by atoms with van der Waals surface area (Å²) in [5.41, 5.74) is 0.470. The molecule has 1 aliphatic rings. The summed E-state index contributed by atoms with van der Waals surface area (Å²) in [4.78, 5) is 26.4. The first-order valence-electron chi connectivity index (χ1n) is 7.54. The SMILES string of the molecule is COC(=O)c1cc(S(=O)(=O)NC2CCC(C(=O)O)CC2)cnc1C. The van der Waals surface area contributed by atoms with Crippen LogP contribution in [0.5, 0.6) is 0 Å². The molecule has 132 valence electrons. The number of pyridine rings is 1. The minimum atomic E-state index is -3.85. The minimum Gasteiger partial charge on any atom is -0.481 e. The van der Waals surface area contributed by atoms with E-state index in [-0.39, 0.29) is 16.5 Å². The largest absolute Gasteiger partial charge is 0.481 e. The van der Waals surface area contributed by atoms with Crippen LogP contribution in [-0.4, -0.2) is 43.6 Å². The van der Waals surface area contributed by atoms with Gasteiger partial charge in [-0.25, -0.2) is 17.9 Å². The fraction of sp³-hybridized carbons (Fsp3) is 0.533. The van der Waals surface area contributed by atoms with Crippen LogP contribution < -0.4 is 4.72 Å². The van der Waals surface area contributed by atoms with Crippen LogP contribution in [0.4, 0.5) is 0 Å². The van der Waals surface area contributed by atoms with Gasteiger partial charge >= 0.3 is 11.9 Å². The number of carboxylic acids is 1. The number of sulfonamides is 1. The zero-order valence-electron chi connectivity index (χ0n) is 13.5. The number of methoxy groups -OCH3 is 1. The average Bonchev–Trinajstić information content (AvgIpc) is 2.54. The molecule has 1 fully saturated rings. The van der Waals surface area contributed by atoms with Gasteiger partial charge in [-0.15, -0.1) is 0 Å². The predicted octanol–water partition coefficient (Wildman–Crippen LogP) is 1.10. The zero-order chi connectivity index (χ0) is 17.9. The van der Waals surface area contributed by atoms with Crippen LogP contribution in [0.1, 0.15) is 41.7 Å². The summed E-state index contributed by atoms with van der Waals surface area (Å²) in [6.45, 7) is 1.59. The van der Waals surface area contributed by atoms with Crippen LogP contribution in [0.3, 0.4) is 0 Å². The lowest BCUT2D eigenvalue weighted by molar-refractivity contribution is -0.142. The first-order valence-corrected chi connectivity index (χ1v) is 9.03. The van der Waals surface area contributed by atoms with E-state index in [1.54, 1.807) is 6.92 Å². The van der Waals surface area contributed by atoms with E-state index in [9.17, 15) is 18.0 Å². The van der Waals surface area contributed by atoms with Crippen molar-refractivity contribution in [2.45, 2.75) is 43.5 Å². The van der Waals surface area contributed by atoms with E-state index in [1.807, 2.05) is 0 Å². The summed E-state index contributed by atoms with van der Waals surface area (Å²) >= 11 is 0. The number of hydrogen-bond acceptors (Lipinski definition) is 6. The molecule has 0 unspecified atom stereocenters. The van der Waals surface area contributed by atoms with E-state index in [0.717, 1.165) is 0 Å². The van der Waals surface area contributed by atoms with Gasteiger partial charge in [0.05, 0.1) is 24.3 Å². The third-order valence-corrected chi connectivity index (χ3v) is 5.66. The molecule has 2 rings (SSSR count). The van der Waals surface area contributed by atoms with Gasteiger partial charge in [0, 0.05) is 12.2 Å². The lowest BCUT2D eigenvalue weighted by atomic mass is 9.87. The van der Waals surface area contributed by atoms with Gasteiger partial charge in [-0.1, -0.05) is 0 Å². The topological polar surface area (TPSA) is 123 Å². The molecule has 0 radical (unpaired) electrons. The standard InChI is InChI=1S/C15H20N2O6S/c1-9-13(15(20)23-2)7-12(8-16-9)24(21,22)17-11-5-3-10(4-6-11)14(18)19/h7-8,10-11,17H,3-6H2,1-2H3,(H,18,19). The van der Waals surface area contributed by atoms with E-state index in [1.165, 1.54) is 19.4 Å². The van der Waals surface area contributed by atoms with Gasteiger partial charge in [-0.05, 0) is 38.7 Å². The molecule has 24 heavy (non-hydrogen) atoms. The number of aromatic nitrogens is 1. The van der Waals surface area contributed by atoms with Crippen molar-refractivity contribution in [3.05, 3.63) is 23.5 Å². The number of ether oxygens (including phenoxy) is 1. The van der Waals surface area contributed by atoms with Gasteiger partial charge in [0.2, 0.25) is 10.0 Å². The molecule has 1 aromatic rings. The van der Waals surface area contributed by atoms with Crippen molar-refractivity contribution < 1.29 is 27.9 Å². The zero-order valence-corrected chi connectivity index (χ0v) is 14.3. The lowest BCUT2D eigenvalue weighted by Gasteiger charge is -2.26. The Balaban J connectivity index is 2.14. The Kier molecular flexibility index (Phi) is 5.55. The van der Waals surface area contributed by atoms with E-state index in [0.29, 0.717) is 31.4 Å². The molecule has 1 aliphatic carbocycles. The highest BCUT2D eigenvalue weighted by Gasteiger charge is 2.29. The highest BCUT2D eigenvalue weighted by Crippen LogP contribution is 2.25. The molecule has 1 heterocycles. The number of aryl methyl sites for hydroxylation is 1. The molecule has 9 heteroatoms. The van der Waals surface area contributed by atoms with Crippen LogP contribution in [0.25, 0.3) is 0 Å². The Morgan fingerprint density at radius 2 is 1.92 bits per heavy atom. The van der Waals surface area contributed by atoms with E-state index in [4.69, 9.17) is 5.11 Å². The van der Waals surface area contributed by atoms with Gasteiger partial charge in [-0.2, -0.15) is 0 Å². The minimum absolute atomic E-state index is 0.0926. The number of aliphatic carboxylic acids is 1. The smallest absolute Gasteiger partial charge is 0.339 e. The van der Waals surface area contributed by atoms with Gasteiger partial charge in [0.25, 0.3) is 0 Å². The van der Waals surface area contributed by atoms with Crippen LogP contribution >= 0.6 is 0 Å². The summed E-state index contributed by atoms with van der Waals surface area (Å²) in [5.74, 6) is -1.92. The second-order valence-electron chi connectivity index (χ2n) is 5.80. The van der Waals surface area contributed by atoms with Crippen LogP contribution in [0.15, 0.2) is 17.2 Å². The summed E-state index contributed by atoms with van der Waals surface area (Å²) in [5, 5.41) is 8.98. The number of esters is 1. The van der Waals surface area contributed by atoms with Crippen molar-refractivity contribution in [2.75, 3.05) is 7.11 Å². The molecular weight excluding hydrogens is 336 g/mol. The number of nitrogens with zero attached hydrogens (tertiary/aromatic N) is 1. The van der Waals surface area contributed by atoms with E-state index >= 15 is 0 Å². The highest BCUT2D eigenvalue weighted by atomic mass is 32.2. The molecule has 0 bridgehead atoms. The van der Waals surface area contributed by atoms with Gasteiger partial charge in [0.1, 0.15) is 4.90 Å². The van der Waals surface area contributed by atoms with E-state index in [2.05, 4.69) is 14.4 Å². The molecule has 0 spiro atoms. The van der Waals surface area contributed by atoms with Crippen molar-refractivity contribution in [3.8, 4) is 0 Å². The van der Waals surface area contributed by atoms with Crippen LogP contribution in [-0.2, 0) is 19.6 Å². The van der Waals surface area contributed by atoms with Crippen LogP contribution in [0, 0.1) is 12.8 Å². The van der Waals surface area contributed by atoms with Crippen molar-refractivity contribution in [1.82, 2.24) is 9.71 Å². The quantitative estimate of drug-likeness (QED) is 0.757. The summed E-state index contributed by atoms with van der Waals surface area (Å²) in [6.07, 6.45) is 2.97. The first kappa shape index (κ1) is 18.3. The van der Waals surface area contributed by atoms with Gasteiger partial charge < -0.3 is 9.84 Å². The summed E-state index contributed by atoms with van der Waals surface area (Å²) in [7, 11) is -2.64. The normalized spacial score (nSPS) is 21.2. The molecule has 2 N–H and O–H groups in total. The monoisotopic (exact) mass is 356 g/mol. The first-order chi connectivity index (χ1) is 11.2. The number of nitrogens with one attached hydrogen (secondary N) is 1. The fourth-order valence-corrected chi connectivity index (χ4v) is 4.00. The van der Waals surface area contributed by atoms with Crippen molar-refractivity contribution in [1.29, 1.82) is 0 Å². The maximum atomic E-state index is 12.5. The fourth-order valence-electron chi connectivity index (χ4n) is 2.72. The number of carbonyl (C=O) groups is 2. The Morgan fingerprint density at radius 1 is 1.29 bits per heavy atom.